The molecule has 1 aromatic rings. The fraction of sp³-hybridized carbons (Fsp3) is 0.364. The fourth-order valence-electron chi connectivity index (χ4n) is 1.55. The lowest BCUT2D eigenvalue weighted by atomic mass is 10.1. The largest absolute Gasteiger partial charge is 0.504 e. The van der Waals surface area contributed by atoms with E-state index < -0.39 is 5.75 Å². The zero-order valence-corrected chi connectivity index (χ0v) is 10.2. The van der Waals surface area contributed by atoms with Crippen LogP contribution in [-0.2, 0) is 6.54 Å². The molecule has 1 heterocycles. The lowest BCUT2D eigenvalue weighted by Gasteiger charge is -2.05. The first kappa shape index (κ1) is 12.6. The SMILES string of the molecule is CC.CN1Cc2cc(O)c(O)c(Cl)c2C1=O. The Bertz CT molecular complexity index is 432. The Morgan fingerprint density at radius 2 is 1.94 bits per heavy atom. The van der Waals surface area contributed by atoms with E-state index in [1.807, 2.05) is 13.8 Å². The molecule has 5 heteroatoms. The van der Waals surface area contributed by atoms with Crippen LogP contribution in [0, 0.1) is 0 Å². The van der Waals surface area contributed by atoms with Gasteiger partial charge in [0.2, 0.25) is 0 Å². The second kappa shape index (κ2) is 4.61. The van der Waals surface area contributed by atoms with Crippen LogP contribution in [0.15, 0.2) is 6.07 Å². The van der Waals surface area contributed by atoms with Crippen molar-refractivity contribution in [1.82, 2.24) is 4.90 Å². The van der Waals surface area contributed by atoms with Crippen molar-refractivity contribution in [3.63, 3.8) is 0 Å². The lowest BCUT2D eigenvalue weighted by molar-refractivity contribution is 0.0816. The number of carbonyl (C=O) groups is 1. The fourth-order valence-corrected chi connectivity index (χ4v) is 1.85. The zero-order chi connectivity index (χ0) is 12.5. The summed E-state index contributed by atoms with van der Waals surface area (Å²) in [6, 6.07) is 1.36. The van der Waals surface area contributed by atoms with Crippen molar-refractivity contribution in [2.24, 2.45) is 0 Å². The van der Waals surface area contributed by atoms with E-state index in [-0.39, 0.29) is 22.2 Å². The van der Waals surface area contributed by atoms with Gasteiger partial charge in [0.15, 0.2) is 11.5 Å². The summed E-state index contributed by atoms with van der Waals surface area (Å²) in [4.78, 5) is 13.0. The highest BCUT2D eigenvalue weighted by atomic mass is 35.5. The average Bonchev–Trinajstić information content (AvgIpc) is 2.54. The molecule has 2 N–H and O–H groups in total. The summed E-state index contributed by atoms with van der Waals surface area (Å²) in [5.41, 5.74) is 0.919. The van der Waals surface area contributed by atoms with E-state index in [0.29, 0.717) is 12.1 Å². The minimum absolute atomic E-state index is 0.0747. The molecule has 0 fully saturated rings. The van der Waals surface area contributed by atoms with Crippen molar-refractivity contribution in [2.45, 2.75) is 20.4 Å². The normalized spacial score (nSPS) is 13.2. The van der Waals surface area contributed by atoms with Gasteiger partial charge in [-0.3, -0.25) is 4.79 Å². The van der Waals surface area contributed by atoms with Gasteiger partial charge >= 0.3 is 0 Å². The Kier molecular flexibility index (Phi) is 3.65. The van der Waals surface area contributed by atoms with Crippen molar-refractivity contribution in [2.75, 3.05) is 7.05 Å². The summed E-state index contributed by atoms with van der Waals surface area (Å²) >= 11 is 5.75. The van der Waals surface area contributed by atoms with E-state index in [0.717, 1.165) is 0 Å². The van der Waals surface area contributed by atoms with Gasteiger partial charge in [-0.25, -0.2) is 0 Å². The summed E-state index contributed by atoms with van der Waals surface area (Å²) in [6.07, 6.45) is 0. The molecule has 2 rings (SSSR count). The van der Waals surface area contributed by atoms with Crippen LogP contribution in [0.4, 0.5) is 0 Å². The summed E-state index contributed by atoms with van der Waals surface area (Å²) in [5.74, 6) is -0.966. The number of phenolic OH excluding ortho intramolecular Hbond substituents is 2. The molecule has 0 unspecified atom stereocenters. The molecule has 1 amide bonds. The number of fused-ring (bicyclic) bond motifs is 1. The van der Waals surface area contributed by atoms with Crippen LogP contribution < -0.4 is 0 Å². The Morgan fingerprint density at radius 1 is 1.38 bits per heavy atom. The third-order valence-corrected chi connectivity index (χ3v) is 2.64. The third kappa shape index (κ3) is 1.80. The van der Waals surface area contributed by atoms with Crippen molar-refractivity contribution >= 4 is 17.5 Å². The highest BCUT2D eigenvalue weighted by Gasteiger charge is 2.30. The molecule has 0 bridgehead atoms. The molecule has 1 aliphatic heterocycles. The lowest BCUT2D eigenvalue weighted by Crippen LogP contribution is -2.17. The zero-order valence-electron chi connectivity index (χ0n) is 9.41. The number of hydrogen-bond donors (Lipinski definition) is 2. The van der Waals surface area contributed by atoms with Crippen LogP contribution in [0.25, 0.3) is 0 Å². The van der Waals surface area contributed by atoms with Gasteiger partial charge in [-0.05, 0) is 11.6 Å². The molecule has 0 aromatic heterocycles. The minimum atomic E-state index is -0.436. The molecule has 0 radical (unpaired) electrons. The smallest absolute Gasteiger partial charge is 0.255 e. The van der Waals surface area contributed by atoms with Crippen molar-refractivity contribution in [1.29, 1.82) is 0 Å². The molecule has 0 aliphatic carbocycles. The molecule has 16 heavy (non-hydrogen) atoms. The van der Waals surface area contributed by atoms with E-state index in [2.05, 4.69) is 0 Å². The Balaban J connectivity index is 0.000000606. The van der Waals surface area contributed by atoms with Gasteiger partial charge in [0.25, 0.3) is 5.91 Å². The van der Waals surface area contributed by atoms with Crippen LogP contribution in [0.1, 0.15) is 29.8 Å². The minimum Gasteiger partial charge on any atom is -0.504 e. The second-order valence-corrected chi connectivity index (χ2v) is 3.63. The highest BCUT2D eigenvalue weighted by Crippen LogP contribution is 2.40. The number of benzene rings is 1. The predicted octanol–water partition coefficient (Wildman–Crippen LogP) is 2.36. The standard InChI is InChI=1S/C9H8ClNO3.C2H6/c1-11-3-4-2-5(12)8(13)7(10)6(4)9(11)14;1-2/h2,12-13H,3H2,1H3;1-2H3. The summed E-state index contributed by atoms with van der Waals surface area (Å²) in [7, 11) is 1.63. The molecule has 0 spiro atoms. The van der Waals surface area contributed by atoms with Gasteiger partial charge in [0, 0.05) is 13.6 Å². The summed E-state index contributed by atoms with van der Waals surface area (Å²) < 4.78 is 0. The maximum Gasteiger partial charge on any atom is 0.255 e. The average molecular weight is 244 g/mol. The predicted molar refractivity (Wildman–Crippen MR) is 61.9 cm³/mol. The molecule has 1 aromatic carbocycles. The van der Waals surface area contributed by atoms with Gasteiger partial charge in [0.1, 0.15) is 0 Å². The number of amides is 1. The van der Waals surface area contributed by atoms with Gasteiger partial charge < -0.3 is 15.1 Å². The van der Waals surface area contributed by atoms with Crippen molar-refractivity contribution in [3.8, 4) is 11.5 Å². The molecule has 0 saturated carbocycles. The van der Waals surface area contributed by atoms with E-state index >= 15 is 0 Å². The Labute approximate surface area is 99.1 Å². The first-order valence-electron chi connectivity index (χ1n) is 5.01. The van der Waals surface area contributed by atoms with E-state index in [1.54, 1.807) is 7.05 Å². The molecule has 4 nitrogen and oxygen atoms in total. The molecule has 1 aliphatic rings. The number of carbonyl (C=O) groups excluding carboxylic acids is 1. The maximum atomic E-state index is 11.5. The van der Waals surface area contributed by atoms with Crippen LogP contribution in [0.5, 0.6) is 11.5 Å². The third-order valence-electron chi connectivity index (χ3n) is 2.27. The van der Waals surface area contributed by atoms with Gasteiger partial charge in [0.05, 0.1) is 10.6 Å². The van der Waals surface area contributed by atoms with Crippen molar-refractivity contribution in [3.05, 3.63) is 22.2 Å². The van der Waals surface area contributed by atoms with Crippen LogP contribution in [-0.4, -0.2) is 28.1 Å². The number of halogens is 1. The number of aromatic hydroxyl groups is 2. The molecule has 88 valence electrons. The maximum absolute atomic E-state index is 11.5. The molecular formula is C11H14ClNO3. The van der Waals surface area contributed by atoms with E-state index in [4.69, 9.17) is 11.6 Å². The number of hydrogen-bond acceptors (Lipinski definition) is 3. The van der Waals surface area contributed by atoms with Gasteiger partial charge in [-0.2, -0.15) is 0 Å². The second-order valence-electron chi connectivity index (χ2n) is 3.25. The number of phenols is 2. The van der Waals surface area contributed by atoms with E-state index in [1.165, 1.54) is 11.0 Å². The first-order valence-corrected chi connectivity index (χ1v) is 5.39. The summed E-state index contributed by atoms with van der Waals surface area (Å²) in [5, 5.41) is 18.5. The molecule has 0 saturated heterocycles. The monoisotopic (exact) mass is 243 g/mol. The van der Waals surface area contributed by atoms with Gasteiger partial charge in [-0.1, -0.05) is 25.4 Å². The van der Waals surface area contributed by atoms with Crippen molar-refractivity contribution < 1.29 is 15.0 Å². The number of rotatable bonds is 0. The highest BCUT2D eigenvalue weighted by molar-refractivity contribution is 6.36. The summed E-state index contributed by atoms with van der Waals surface area (Å²) in [6.45, 7) is 4.40. The molecular weight excluding hydrogens is 230 g/mol. The topological polar surface area (TPSA) is 60.8 Å². The van der Waals surface area contributed by atoms with E-state index in [9.17, 15) is 15.0 Å². The Hall–Kier alpha value is -1.42. The quantitative estimate of drug-likeness (QED) is 0.688. The van der Waals surface area contributed by atoms with Crippen LogP contribution >= 0.6 is 11.6 Å². The number of nitrogens with zero attached hydrogens (tertiary/aromatic N) is 1. The Morgan fingerprint density at radius 3 is 2.50 bits per heavy atom. The van der Waals surface area contributed by atoms with Crippen LogP contribution in [0.3, 0.4) is 0 Å². The molecule has 0 atom stereocenters. The van der Waals surface area contributed by atoms with Gasteiger partial charge in [-0.15, -0.1) is 0 Å². The first-order chi connectivity index (χ1) is 7.52. The van der Waals surface area contributed by atoms with Crippen LogP contribution in [0.2, 0.25) is 5.02 Å².